The van der Waals surface area contributed by atoms with Crippen LogP contribution in [0.1, 0.15) is 18.2 Å². The fourth-order valence-corrected chi connectivity index (χ4v) is 3.11. The number of carbonyl (C=O) groups is 3. The first kappa shape index (κ1) is 21.8. The third-order valence-corrected chi connectivity index (χ3v) is 4.60. The third-order valence-electron chi connectivity index (χ3n) is 4.60. The number of fused-ring (bicyclic) bond motifs is 1. The van der Waals surface area contributed by atoms with Crippen LogP contribution in [-0.2, 0) is 27.2 Å². The molecule has 8 nitrogen and oxygen atoms in total. The summed E-state index contributed by atoms with van der Waals surface area (Å²) in [6.07, 6.45) is 1.22. The van der Waals surface area contributed by atoms with Crippen molar-refractivity contribution in [3.63, 3.8) is 0 Å². The Balaban J connectivity index is 1.76. The van der Waals surface area contributed by atoms with Crippen LogP contribution in [0.3, 0.4) is 0 Å². The van der Waals surface area contributed by atoms with Crippen LogP contribution >= 0.6 is 0 Å². The lowest BCUT2D eigenvalue weighted by Gasteiger charge is -2.21. The molecule has 0 saturated carbocycles. The number of halogens is 1. The summed E-state index contributed by atoms with van der Waals surface area (Å²) in [5, 5.41) is 14.4. The molecule has 1 aromatic heterocycles. The number of carbonyl (C=O) groups excluding carboxylic acids is 2. The standard InChI is InChI=1S/C22H21FN4O4/c1-13(28)25-19(10-14-6-2-3-7-16(14)23)21(29)27-20(22(30)31)11-15-12-24-17-8-4-5-9-18(17)26-15/h2-9,12,19-20H,10-11H2,1H3,(H,25,28)(H,27,29)(H,30,31)/t19-,20+/m1/s1. The van der Waals surface area contributed by atoms with Gasteiger partial charge in [0.2, 0.25) is 11.8 Å². The molecule has 2 amide bonds. The molecular formula is C22H21FN4O4. The molecule has 0 saturated heterocycles. The molecule has 3 N–H and O–H groups in total. The number of rotatable bonds is 8. The summed E-state index contributed by atoms with van der Waals surface area (Å²) >= 11 is 0. The van der Waals surface area contributed by atoms with E-state index < -0.39 is 35.7 Å². The van der Waals surface area contributed by atoms with Crippen LogP contribution in [0.25, 0.3) is 11.0 Å². The van der Waals surface area contributed by atoms with Gasteiger partial charge in [-0.15, -0.1) is 0 Å². The lowest BCUT2D eigenvalue weighted by molar-refractivity contribution is -0.142. The second-order valence-corrected chi connectivity index (χ2v) is 7.00. The number of carboxylic acids is 1. The Morgan fingerprint density at radius 3 is 2.32 bits per heavy atom. The lowest BCUT2D eigenvalue weighted by Crippen LogP contribution is -2.52. The Bertz CT molecular complexity index is 1120. The second kappa shape index (κ2) is 9.75. The van der Waals surface area contributed by atoms with Crippen molar-refractivity contribution in [1.82, 2.24) is 20.6 Å². The molecule has 1 heterocycles. The maximum absolute atomic E-state index is 14.0. The Morgan fingerprint density at radius 2 is 1.65 bits per heavy atom. The smallest absolute Gasteiger partial charge is 0.326 e. The van der Waals surface area contributed by atoms with Crippen molar-refractivity contribution in [2.24, 2.45) is 0 Å². The fraction of sp³-hybridized carbons (Fsp3) is 0.227. The van der Waals surface area contributed by atoms with Gasteiger partial charge in [-0.25, -0.2) is 14.2 Å². The highest BCUT2D eigenvalue weighted by atomic mass is 19.1. The predicted molar refractivity (Wildman–Crippen MR) is 111 cm³/mol. The lowest BCUT2D eigenvalue weighted by atomic mass is 10.0. The minimum absolute atomic E-state index is 0.106. The van der Waals surface area contributed by atoms with Gasteiger partial charge in [0.25, 0.3) is 0 Å². The van der Waals surface area contributed by atoms with E-state index in [9.17, 15) is 23.9 Å². The second-order valence-electron chi connectivity index (χ2n) is 7.00. The molecule has 0 radical (unpaired) electrons. The molecule has 3 rings (SSSR count). The van der Waals surface area contributed by atoms with Gasteiger partial charge < -0.3 is 15.7 Å². The van der Waals surface area contributed by atoms with Gasteiger partial charge in [0.15, 0.2) is 0 Å². The van der Waals surface area contributed by atoms with E-state index in [-0.39, 0.29) is 18.4 Å². The maximum atomic E-state index is 14.0. The molecule has 9 heteroatoms. The maximum Gasteiger partial charge on any atom is 0.326 e. The van der Waals surface area contributed by atoms with E-state index in [1.807, 2.05) is 6.07 Å². The molecule has 0 bridgehead atoms. The van der Waals surface area contributed by atoms with Gasteiger partial charge in [0.1, 0.15) is 17.9 Å². The Hall–Kier alpha value is -3.88. The Kier molecular flexibility index (Phi) is 6.86. The average molecular weight is 424 g/mol. The van der Waals surface area contributed by atoms with Gasteiger partial charge >= 0.3 is 5.97 Å². The zero-order valence-electron chi connectivity index (χ0n) is 16.7. The van der Waals surface area contributed by atoms with E-state index in [4.69, 9.17) is 0 Å². The number of aliphatic carboxylic acids is 1. The first-order valence-corrected chi connectivity index (χ1v) is 9.58. The van der Waals surface area contributed by atoms with Gasteiger partial charge in [-0.2, -0.15) is 0 Å². The molecule has 31 heavy (non-hydrogen) atoms. The van der Waals surface area contributed by atoms with Crippen molar-refractivity contribution >= 4 is 28.8 Å². The number of amides is 2. The van der Waals surface area contributed by atoms with Crippen LogP contribution in [0.2, 0.25) is 0 Å². The molecule has 0 fully saturated rings. The zero-order chi connectivity index (χ0) is 22.4. The van der Waals surface area contributed by atoms with E-state index in [0.717, 1.165) is 0 Å². The van der Waals surface area contributed by atoms with Gasteiger partial charge in [0, 0.05) is 26.0 Å². The highest BCUT2D eigenvalue weighted by Crippen LogP contribution is 2.12. The van der Waals surface area contributed by atoms with E-state index in [1.165, 1.54) is 31.3 Å². The average Bonchev–Trinajstić information content (AvgIpc) is 2.73. The topological polar surface area (TPSA) is 121 Å². The molecule has 0 unspecified atom stereocenters. The van der Waals surface area contributed by atoms with Crippen molar-refractivity contribution in [2.45, 2.75) is 31.8 Å². The summed E-state index contributed by atoms with van der Waals surface area (Å²) < 4.78 is 14.0. The minimum atomic E-state index is -1.31. The van der Waals surface area contributed by atoms with Gasteiger partial charge in [0.05, 0.1) is 16.7 Å². The van der Waals surface area contributed by atoms with Crippen LogP contribution in [0.15, 0.2) is 54.7 Å². The van der Waals surface area contributed by atoms with Crippen molar-refractivity contribution in [2.75, 3.05) is 0 Å². The highest BCUT2D eigenvalue weighted by molar-refractivity contribution is 5.90. The summed E-state index contributed by atoms with van der Waals surface area (Å²) in [4.78, 5) is 44.7. The SMILES string of the molecule is CC(=O)N[C@H](Cc1ccccc1F)C(=O)N[C@@H](Cc1cnc2ccccc2n1)C(=O)O. The molecule has 3 aromatic rings. The summed E-state index contributed by atoms with van der Waals surface area (Å²) in [5.74, 6) is -3.02. The predicted octanol–water partition coefficient (Wildman–Crippen LogP) is 1.63. The number of benzene rings is 2. The number of nitrogens with one attached hydrogen (secondary N) is 2. The van der Waals surface area contributed by atoms with Gasteiger partial charge in [-0.1, -0.05) is 30.3 Å². The largest absolute Gasteiger partial charge is 0.480 e. The Morgan fingerprint density at radius 1 is 0.968 bits per heavy atom. The molecule has 160 valence electrons. The van der Waals surface area contributed by atoms with Crippen LogP contribution in [-0.4, -0.2) is 44.9 Å². The number of aromatic nitrogens is 2. The van der Waals surface area contributed by atoms with Crippen LogP contribution in [0.5, 0.6) is 0 Å². The van der Waals surface area contributed by atoms with E-state index in [0.29, 0.717) is 16.7 Å². The van der Waals surface area contributed by atoms with Crippen LogP contribution in [0, 0.1) is 5.82 Å². The summed E-state index contributed by atoms with van der Waals surface area (Å²) in [6, 6.07) is 10.6. The van der Waals surface area contributed by atoms with Crippen LogP contribution < -0.4 is 10.6 Å². The van der Waals surface area contributed by atoms with Crippen molar-refractivity contribution < 1.29 is 23.9 Å². The van der Waals surface area contributed by atoms with Crippen molar-refractivity contribution in [1.29, 1.82) is 0 Å². The van der Waals surface area contributed by atoms with Crippen molar-refractivity contribution in [3.05, 3.63) is 71.8 Å². The number of para-hydroxylation sites is 2. The van der Waals surface area contributed by atoms with Crippen molar-refractivity contribution in [3.8, 4) is 0 Å². The molecule has 2 aromatic carbocycles. The molecule has 0 aliphatic heterocycles. The molecular weight excluding hydrogens is 403 g/mol. The third kappa shape index (κ3) is 5.81. The summed E-state index contributed by atoms with van der Waals surface area (Å²) in [5.41, 5.74) is 1.88. The molecule has 0 aliphatic rings. The number of nitrogens with zero attached hydrogens (tertiary/aromatic N) is 2. The number of hydrogen-bond acceptors (Lipinski definition) is 5. The van der Waals surface area contributed by atoms with E-state index in [2.05, 4.69) is 20.6 Å². The van der Waals surface area contributed by atoms with E-state index >= 15 is 0 Å². The monoisotopic (exact) mass is 424 g/mol. The van der Waals surface area contributed by atoms with Gasteiger partial charge in [-0.3, -0.25) is 14.6 Å². The molecule has 2 atom stereocenters. The number of hydrogen-bond donors (Lipinski definition) is 3. The zero-order valence-corrected chi connectivity index (χ0v) is 16.7. The summed E-state index contributed by atoms with van der Waals surface area (Å²) in [6.45, 7) is 1.22. The van der Waals surface area contributed by atoms with Crippen LogP contribution in [0.4, 0.5) is 4.39 Å². The normalized spacial score (nSPS) is 12.7. The fourth-order valence-electron chi connectivity index (χ4n) is 3.11. The van der Waals surface area contributed by atoms with E-state index in [1.54, 1.807) is 24.3 Å². The quantitative estimate of drug-likeness (QED) is 0.505. The summed E-state index contributed by atoms with van der Waals surface area (Å²) in [7, 11) is 0. The number of carboxylic acid groups (broad SMARTS) is 1. The minimum Gasteiger partial charge on any atom is -0.480 e. The highest BCUT2D eigenvalue weighted by Gasteiger charge is 2.27. The first-order valence-electron chi connectivity index (χ1n) is 9.58. The first-order chi connectivity index (χ1) is 14.8. The Labute approximate surface area is 177 Å². The van der Waals surface area contributed by atoms with Gasteiger partial charge in [-0.05, 0) is 23.8 Å². The molecule has 0 spiro atoms. The molecule has 0 aliphatic carbocycles.